The Hall–Kier alpha value is -2.92. The molecule has 5 heteroatoms. The number of carbonyl (C=O) groups is 1. The summed E-state index contributed by atoms with van der Waals surface area (Å²) >= 11 is 0. The Bertz CT molecular complexity index is 917. The summed E-state index contributed by atoms with van der Waals surface area (Å²) in [6.45, 7) is 6.90. The van der Waals surface area contributed by atoms with Gasteiger partial charge in [-0.25, -0.2) is 4.98 Å². The number of benzene rings is 2. The number of amides is 1. The predicted octanol–water partition coefficient (Wildman–Crippen LogP) is 4.43. The number of ether oxygens (including phenoxy) is 1. The Labute approximate surface area is 165 Å². The standard InChI is InChI=1S/C23H26N2O3/c1-16(2)27-15-19-9-7-8-18(12-19)14-24-22(26)13-21-17(3)28-23(25-21)20-10-5-4-6-11-20/h4-12,16H,13-15H2,1-3H3,(H,24,26). The average molecular weight is 378 g/mol. The molecule has 0 atom stereocenters. The van der Waals surface area contributed by atoms with Crippen molar-refractivity contribution >= 4 is 5.91 Å². The quantitative estimate of drug-likeness (QED) is 0.630. The van der Waals surface area contributed by atoms with Crippen LogP contribution in [-0.4, -0.2) is 17.0 Å². The summed E-state index contributed by atoms with van der Waals surface area (Å²) in [5.74, 6) is 1.13. The van der Waals surface area contributed by atoms with E-state index in [1.165, 1.54) is 0 Å². The van der Waals surface area contributed by atoms with Crippen molar-refractivity contribution < 1.29 is 13.9 Å². The number of nitrogens with zero attached hydrogens (tertiary/aromatic N) is 1. The largest absolute Gasteiger partial charge is 0.441 e. The molecule has 2 aromatic carbocycles. The average Bonchev–Trinajstić information content (AvgIpc) is 3.06. The molecule has 28 heavy (non-hydrogen) atoms. The van der Waals surface area contributed by atoms with E-state index in [1.54, 1.807) is 0 Å². The SMILES string of the molecule is Cc1oc(-c2ccccc2)nc1CC(=O)NCc1cccc(COC(C)C)c1. The highest BCUT2D eigenvalue weighted by atomic mass is 16.5. The molecule has 1 aromatic heterocycles. The van der Waals surface area contributed by atoms with Gasteiger partial charge in [0.2, 0.25) is 11.8 Å². The molecule has 0 bridgehead atoms. The Balaban J connectivity index is 1.56. The van der Waals surface area contributed by atoms with E-state index in [0.29, 0.717) is 30.5 Å². The molecule has 1 heterocycles. The highest BCUT2D eigenvalue weighted by Gasteiger charge is 2.14. The fourth-order valence-corrected chi connectivity index (χ4v) is 2.80. The number of rotatable bonds is 8. The second-order valence-corrected chi connectivity index (χ2v) is 7.02. The minimum absolute atomic E-state index is 0.0835. The van der Waals surface area contributed by atoms with E-state index in [-0.39, 0.29) is 18.4 Å². The summed E-state index contributed by atoms with van der Waals surface area (Å²) in [6.07, 6.45) is 0.382. The molecular formula is C23H26N2O3. The summed E-state index contributed by atoms with van der Waals surface area (Å²) in [5, 5.41) is 2.95. The maximum atomic E-state index is 12.4. The monoisotopic (exact) mass is 378 g/mol. The van der Waals surface area contributed by atoms with Crippen LogP contribution in [0.4, 0.5) is 0 Å². The lowest BCUT2D eigenvalue weighted by molar-refractivity contribution is -0.120. The van der Waals surface area contributed by atoms with E-state index in [0.717, 1.165) is 16.7 Å². The molecule has 146 valence electrons. The number of carbonyl (C=O) groups excluding carboxylic acids is 1. The van der Waals surface area contributed by atoms with Gasteiger partial charge in [-0.05, 0) is 44.0 Å². The minimum atomic E-state index is -0.0835. The normalized spacial score (nSPS) is 11.0. The fourth-order valence-electron chi connectivity index (χ4n) is 2.80. The molecule has 1 N–H and O–H groups in total. The fraction of sp³-hybridized carbons (Fsp3) is 0.304. The number of aromatic nitrogens is 1. The van der Waals surface area contributed by atoms with Crippen molar-refractivity contribution in [3.63, 3.8) is 0 Å². The molecule has 0 saturated heterocycles. The van der Waals surface area contributed by atoms with Crippen molar-refractivity contribution in [2.75, 3.05) is 0 Å². The maximum absolute atomic E-state index is 12.4. The van der Waals surface area contributed by atoms with Crippen molar-refractivity contribution in [1.29, 1.82) is 0 Å². The van der Waals surface area contributed by atoms with Gasteiger partial charge in [0, 0.05) is 12.1 Å². The van der Waals surface area contributed by atoms with Crippen molar-refractivity contribution in [3.05, 3.63) is 77.2 Å². The van der Waals surface area contributed by atoms with Crippen LogP contribution in [0, 0.1) is 6.92 Å². The lowest BCUT2D eigenvalue weighted by atomic mass is 10.1. The van der Waals surface area contributed by atoms with Crippen LogP contribution in [0.25, 0.3) is 11.5 Å². The minimum Gasteiger partial charge on any atom is -0.441 e. The molecule has 3 aromatic rings. The number of aryl methyl sites for hydroxylation is 1. The van der Waals surface area contributed by atoms with Gasteiger partial charge >= 0.3 is 0 Å². The molecule has 0 spiro atoms. The van der Waals surface area contributed by atoms with Gasteiger partial charge in [0.25, 0.3) is 0 Å². The van der Waals surface area contributed by atoms with E-state index in [2.05, 4.69) is 16.4 Å². The van der Waals surface area contributed by atoms with E-state index in [4.69, 9.17) is 9.15 Å². The van der Waals surface area contributed by atoms with E-state index in [1.807, 2.05) is 69.3 Å². The van der Waals surface area contributed by atoms with Crippen LogP contribution in [0.1, 0.15) is 36.4 Å². The Morgan fingerprint density at radius 1 is 1.11 bits per heavy atom. The zero-order valence-electron chi connectivity index (χ0n) is 16.6. The number of nitrogens with one attached hydrogen (secondary N) is 1. The Morgan fingerprint density at radius 3 is 2.61 bits per heavy atom. The molecule has 3 rings (SSSR count). The van der Waals surface area contributed by atoms with Crippen molar-refractivity contribution in [2.45, 2.75) is 46.4 Å². The summed E-state index contributed by atoms with van der Waals surface area (Å²) in [6, 6.07) is 17.7. The lowest BCUT2D eigenvalue weighted by Gasteiger charge is -2.09. The smallest absolute Gasteiger partial charge is 0.226 e. The molecular weight excluding hydrogens is 352 g/mol. The zero-order chi connectivity index (χ0) is 19.9. The zero-order valence-corrected chi connectivity index (χ0v) is 16.6. The second-order valence-electron chi connectivity index (χ2n) is 7.02. The van der Waals surface area contributed by atoms with Crippen LogP contribution in [0.5, 0.6) is 0 Å². The van der Waals surface area contributed by atoms with Crippen LogP contribution in [0.2, 0.25) is 0 Å². The molecule has 0 saturated carbocycles. The van der Waals surface area contributed by atoms with Gasteiger partial charge in [0.05, 0.1) is 24.8 Å². The third-order valence-electron chi connectivity index (χ3n) is 4.31. The summed E-state index contributed by atoms with van der Waals surface area (Å²) in [7, 11) is 0. The second kappa shape index (κ2) is 9.33. The highest BCUT2D eigenvalue weighted by Crippen LogP contribution is 2.21. The maximum Gasteiger partial charge on any atom is 0.226 e. The first kappa shape index (κ1) is 19.8. The molecule has 0 radical (unpaired) electrons. The first-order valence-electron chi connectivity index (χ1n) is 9.49. The third-order valence-corrected chi connectivity index (χ3v) is 4.31. The van der Waals surface area contributed by atoms with Crippen molar-refractivity contribution in [2.24, 2.45) is 0 Å². The first-order chi connectivity index (χ1) is 13.5. The topological polar surface area (TPSA) is 64.4 Å². The molecule has 1 amide bonds. The van der Waals surface area contributed by atoms with Gasteiger partial charge in [-0.15, -0.1) is 0 Å². The number of hydrogen-bond donors (Lipinski definition) is 1. The number of oxazole rings is 1. The van der Waals surface area contributed by atoms with Gasteiger partial charge in [0.15, 0.2) is 0 Å². The highest BCUT2D eigenvalue weighted by molar-refractivity contribution is 5.78. The number of hydrogen-bond acceptors (Lipinski definition) is 4. The van der Waals surface area contributed by atoms with E-state index < -0.39 is 0 Å². The molecule has 5 nitrogen and oxygen atoms in total. The summed E-state index contributed by atoms with van der Waals surface area (Å²) < 4.78 is 11.4. The van der Waals surface area contributed by atoms with Crippen LogP contribution in [0.15, 0.2) is 59.0 Å². The van der Waals surface area contributed by atoms with Gasteiger partial charge in [-0.3, -0.25) is 4.79 Å². The third kappa shape index (κ3) is 5.54. The molecule has 0 fully saturated rings. The lowest BCUT2D eigenvalue weighted by Crippen LogP contribution is -2.25. The molecule has 0 aliphatic heterocycles. The van der Waals surface area contributed by atoms with Gasteiger partial charge in [-0.2, -0.15) is 0 Å². The molecule has 0 aliphatic carbocycles. The van der Waals surface area contributed by atoms with Crippen LogP contribution in [0.3, 0.4) is 0 Å². The van der Waals surface area contributed by atoms with Crippen molar-refractivity contribution in [1.82, 2.24) is 10.3 Å². The van der Waals surface area contributed by atoms with Gasteiger partial charge < -0.3 is 14.5 Å². The van der Waals surface area contributed by atoms with E-state index in [9.17, 15) is 4.79 Å². The van der Waals surface area contributed by atoms with Crippen LogP contribution < -0.4 is 5.32 Å². The Morgan fingerprint density at radius 2 is 1.86 bits per heavy atom. The van der Waals surface area contributed by atoms with Gasteiger partial charge in [0.1, 0.15) is 5.76 Å². The van der Waals surface area contributed by atoms with Crippen LogP contribution in [-0.2, 0) is 29.1 Å². The summed E-state index contributed by atoms with van der Waals surface area (Å²) in [4.78, 5) is 16.9. The first-order valence-corrected chi connectivity index (χ1v) is 9.49. The molecule has 0 unspecified atom stereocenters. The van der Waals surface area contributed by atoms with E-state index >= 15 is 0 Å². The predicted molar refractivity (Wildman–Crippen MR) is 109 cm³/mol. The summed E-state index contributed by atoms with van der Waals surface area (Å²) in [5.41, 5.74) is 3.70. The Kier molecular flexibility index (Phi) is 6.61. The molecule has 0 aliphatic rings. The van der Waals surface area contributed by atoms with Gasteiger partial charge in [-0.1, -0.05) is 42.5 Å². The van der Waals surface area contributed by atoms with Crippen LogP contribution >= 0.6 is 0 Å². The van der Waals surface area contributed by atoms with Crippen molar-refractivity contribution in [3.8, 4) is 11.5 Å².